The van der Waals surface area contributed by atoms with Gasteiger partial charge in [0.1, 0.15) is 0 Å². The molecule has 0 aliphatic heterocycles. The normalized spacial score (nSPS) is 10.1. The highest BCUT2D eigenvalue weighted by Gasteiger charge is 2.12. The first-order valence-corrected chi connectivity index (χ1v) is 4.86. The van der Waals surface area contributed by atoms with Crippen molar-refractivity contribution in [2.75, 3.05) is 7.11 Å². The van der Waals surface area contributed by atoms with E-state index in [-0.39, 0.29) is 5.97 Å². The predicted molar refractivity (Wildman–Crippen MR) is 63.2 cm³/mol. The van der Waals surface area contributed by atoms with Crippen LogP contribution in [0.25, 0.3) is 17.0 Å². The maximum atomic E-state index is 11.5. The van der Waals surface area contributed by atoms with Crippen LogP contribution in [0.4, 0.5) is 0 Å². The number of ether oxygens (including phenoxy) is 1. The fourth-order valence-electron chi connectivity index (χ4n) is 1.65. The number of fused-ring (bicyclic) bond motifs is 1. The Balaban J connectivity index is 2.79. The van der Waals surface area contributed by atoms with Gasteiger partial charge in [-0.1, -0.05) is 24.8 Å². The van der Waals surface area contributed by atoms with Crippen LogP contribution in [0.2, 0.25) is 0 Å². The summed E-state index contributed by atoms with van der Waals surface area (Å²) < 4.78 is 4.71. The van der Waals surface area contributed by atoms with Crippen molar-refractivity contribution in [3.63, 3.8) is 0 Å². The van der Waals surface area contributed by atoms with Gasteiger partial charge in [0, 0.05) is 11.6 Å². The van der Waals surface area contributed by atoms with Crippen molar-refractivity contribution in [2.24, 2.45) is 0 Å². The van der Waals surface area contributed by atoms with Crippen LogP contribution >= 0.6 is 0 Å². The molecule has 1 heterocycles. The van der Waals surface area contributed by atoms with Crippen LogP contribution in [0.3, 0.4) is 0 Å². The lowest BCUT2D eigenvalue weighted by molar-refractivity contribution is 0.0603. The zero-order valence-corrected chi connectivity index (χ0v) is 8.93. The number of methoxy groups -OCH3 is 1. The topological polar surface area (TPSA) is 39.2 Å². The number of carbonyl (C=O) groups excluding carboxylic acids is 1. The summed E-state index contributed by atoms with van der Waals surface area (Å²) in [5.74, 6) is -0.376. The molecule has 0 saturated carbocycles. The summed E-state index contributed by atoms with van der Waals surface area (Å²) in [6, 6.07) is 7.28. The molecule has 16 heavy (non-hydrogen) atoms. The summed E-state index contributed by atoms with van der Waals surface area (Å²) in [6.07, 6.45) is 3.40. The van der Waals surface area contributed by atoms with Crippen molar-refractivity contribution in [2.45, 2.75) is 0 Å². The van der Waals surface area contributed by atoms with E-state index in [1.807, 2.05) is 18.2 Å². The van der Waals surface area contributed by atoms with Crippen molar-refractivity contribution < 1.29 is 9.53 Å². The Labute approximate surface area is 93.4 Å². The molecular formula is C13H11NO2. The molecule has 3 heteroatoms. The van der Waals surface area contributed by atoms with Crippen LogP contribution in [-0.2, 0) is 4.74 Å². The van der Waals surface area contributed by atoms with E-state index in [9.17, 15) is 4.79 Å². The maximum absolute atomic E-state index is 11.5. The standard InChI is InChI=1S/C13H11NO2/c1-3-9-6-7-11(13(15)16-2)12-10(9)5-4-8-14-12/h3-8H,1H2,2H3. The molecule has 0 spiro atoms. The highest BCUT2D eigenvalue weighted by atomic mass is 16.5. The average molecular weight is 213 g/mol. The van der Waals surface area contributed by atoms with Crippen LogP contribution in [0.15, 0.2) is 37.0 Å². The van der Waals surface area contributed by atoms with Crippen LogP contribution in [0, 0.1) is 0 Å². The first-order chi connectivity index (χ1) is 7.77. The number of pyridine rings is 1. The second kappa shape index (κ2) is 4.14. The number of carbonyl (C=O) groups is 1. The van der Waals surface area contributed by atoms with Gasteiger partial charge in [0.2, 0.25) is 0 Å². The summed E-state index contributed by atoms with van der Waals surface area (Å²) in [4.78, 5) is 15.7. The van der Waals surface area contributed by atoms with E-state index in [2.05, 4.69) is 11.6 Å². The van der Waals surface area contributed by atoms with Gasteiger partial charge in [0.15, 0.2) is 0 Å². The Kier molecular flexibility index (Phi) is 2.68. The number of nitrogens with zero attached hydrogens (tertiary/aromatic N) is 1. The minimum Gasteiger partial charge on any atom is -0.465 e. The lowest BCUT2D eigenvalue weighted by Gasteiger charge is -2.06. The first-order valence-electron chi connectivity index (χ1n) is 4.86. The molecule has 2 rings (SSSR count). The first kappa shape index (κ1) is 10.4. The lowest BCUT2D eigenvalue weighted by Crippen LogP contribution is -2.03. The summed E-state index contributed by atoms with van der Waals surface area (Å²) >= 11 is 0. The molecule has 1 aromatic carbocycles. The van der Waals surface area contributed by atoms with Crippen molar-refractivity contribution in [1.82, 2.24) is 4.98 Å². The molecule has 3 nitrogen and oxygen atoms in total. The van der Waals surface area contributed by atoms with Crippen LogP contribution in [-0.4, -0.2) is 18.1 Å². The van der Waals surface area contributed by atoms with Gasteiger partial charge >= 0.3 is 5.97 Å². The molecule has 80 valence electrons. The van der Waals surface area contributed by atoms with E-state index in [0.717, 1.165) is 10.9 Å². The lowest BCUT2D eigenvalue weighted by atomic mass is 10.0. The van der Waals surface area contributed by atoms with E-state index in [1.165, 1.54) is 7.11 Å². The smallest absolute Gasteiger partial charge is 0.340 e. The van der Waals surface area contributed by atoms with Gasteiger partial charge in [0.25, 0.3) is 0 Å². The third kappa shape index (κ3) is 1.56. The molecule has 0 N–H and O–H groups in total. The molecule has 0 atom stereocenters. The molecule has 0 fully saturated rings. The molecule has 0 saturated heterocycles. The van der Waals surface area contributed by atoms with Gasteiger partial charge in [0.05, 0.1) is 18.2 Å². The molecule has 0 aliphatic carbocycles. The van der Waals surface area contributed by atoms with E-state index >= 15 is 0 Å². The monoisotopic (exact) mass is 213 g/mol. The van der Waals surface area contributed by atoms with Gasteiger partial charge in [-0.2, -0.15) is 0 Å². The van der Waals surface area contributed by atoms with E-state index < -0.39 is 0 Å². The minimum atomic E-state index is -0.376. The number of aromatic nitrogens is 1. The molecule has 2 aromatic rings. The molecule has 0 bridgehead atoms. The van der Waals surface area contributed by atoms with Crippen LogP contribution < -0.4 is 0 Å². The average Bonchev–Trinajstić information content (AvgIpc) is 2.36. The van der Waals surface area contributed by atoms with Gasteiger partial charge < -0.3 is 4.74 Å². The largest absolute Gasteiger partial charge is 0.465 e. The zero-order chi connectivity index (χ0) is 11.5. The molecule has 0 amide bonds. The van der Waals surface area contributed by atoms with Crippen molar-refractivity contribution in [3.05, 3.63) is 48.2 Å². The second-order valence-electron chi connectivity index (χ2n) is 3.30. The Morgan fingerprint density at radius 1 is 1.44 bits per heavy atom. The molecule has 0 unspecified atom stereocenters. The highest BCUT2D eigenvalue weighted by molar-refractivity contribution is 6.04. The maximum Gasteiger partial charge on any atom is 0.340 e. The zero-order valence-electron chi connectivity index (χ0n) is 8.93. The molecular weight excluding hydrogens is 202 g/mol. The Morgan fingerprint density at radius 2 is 2.25 bits per heavy atom. The summed E-state index contributed by atoms with van der Waals surface area (Å²) in [5.41, 5.74) is 2.08. The van der Waals surface area contributed by atoms with Crippen LogP contribution in [0.5, 0.6) is 0 Å². The number of esters is 1. The Morgan fingerprint density at radius 3 is 2.94 bits per heavy atom. The summed E-state index contributed by atoms with van der Waals surface area (Å²) in [7, 11) is 1.36. The quantitative estimate of drug-likeness (QED) is 0.720. The predicted octanol–water partition coefficient (Wildman–Crippen LogP) is 2.66. The fraction of sp³-hybridized carbons (Fsp3) is 0.0769. The number of hydrogen-bond acceptors (Lipinski definition) is 3. The van der Waals surface area contributed by atoms with E-state index in [4.69, 9.17) is 4.74 Å². The van der Waals surface area contributed by atoms with Gasteiger partial charge in [-0.3, -0.25) is 4.98 Å². The Hall–Kier alpha value is -2.16. The van der Waals surface area contributed by atoms with Gasteiger partial charge in [-0.05, 0) is 17.7 Å². The van der Waals surface area contributed by atoms with Gasteiger partial charge in [-0.15, -0.1) is 0 Å². The third-order valence-electron chi connectivity index (χ3n) is 2.43. The van der Waals surface area contributed by atoms with Crippen molar-refractivity contribution >= 4 is 22.9 Å². The van der Waals surface area contributed by atoms with Crippen LogP contribution in [0.1, 0.15) is 15.9 Å². The SMILES string of the molecule is C=Cc1ccc(C(=O)OC)c2ncccc12. The molecule has 1 aromatic heterocycles. The highest BCUT2D eigenvalue weighted by Crippen LogP contribution is 2.22. The van der Waals surface area contributed by atoms with E-state index in [0.29, 0.717) is 11.1 Å². The van der Waals surface area contributed by atoms with E-state index in [1.54, 1.807) is 18.3 Å². The second-order valence-corrected chi connectivity index (χ2v) is 3.30. The number of hydrogen-bond donors (Lipinski definition) is 0. The van der Waals surface area contributed by atoms with Crippen molar-refractivity contribution in [3.8, 4) is 0 Å². The molecule has 0 radical (unpaired) electrons. The minimum absolute atomic E-state index is 0.376. The van der Waals surface area contributed by atoms with Crippen molar-refractivity contribution in [1.29, 1.82) is 0 Å². The Bertz CT molecular complexity index is 561. The van der Waals surface area contributed by atoms with Gasteiger partial charge in [-0.25, -0.2) is 4.79 Å². The number of rotatable bonds is 2. The summed E-state index contributed by atoms with van der Waals surface area (Å²) in [5, 5.41) is 0.903. The third-order valence-corrected chi connectivity index (χ3v) is 2.43. The summed E-state index contributed by atoms with van der Waals surface area (Å²) in [6.45, 7) is 3.73. The molecule has 0 aliphatic rings. The number of benzene rings is 1. The fourth-order valence-corrected chi connectivity index (χ4v) is 1.65.